The standard InChI is InChI=1S/C48H52N8O6/c1-28(2)41(53-47(59)61-4)45(57)55-21-9-12-39(55)43-49-26-38(52-43)36-20-19-34-23-33(17-18-35(34)24-36)30-13-15-31(16-14-30)37-25-50-44(51-37)40-22-29(3)27-56(40)46(58)42(54-48(60)62-5)32-10-7-6-8-11-32/h6-8,10-11,13-20,23-26,28-29,39-42H,9,12,21-22,27H2,1-5H3,(H,49,52)(H,50,51)(H,53,59)(H,54,60)/t29?,39-,40-,41?,42+/m0/s1. The number of nitrogens with zero attached hydrogens (tertiary/aromatic N) is 4. The van der Waals surface area contributed by atoms with E-state index >= 15 is 0 Å². The van der Waals surface area contributed by atoms with E-state index in [2.05, 4.69) is 88.2 Å². The number of aromatic amines is 2. The molecule has 2 saturated heterocycles. The number of methoxy groups -OCH3 is 2. The average molecular weight is 837 g/mol. The van der Waals surface area contributed by atoms with Gasteiger partial charge in [0.1, 0.15) is 23.7 Å². The molecule has 2 aromatic heterocycles. The highest BCUT2D eigenvalue weighted by atomic mass is 16.5. The molecular weight excluding hydrogens is 785 g/mol. The number of benzene rings is 4. The van der Waals surface area contributed by atoms with E-state index in [9.17, 15) is 19.2 Å². The Kier molecular flexibility index (Phi) is 12.1. The summed E-state index contributed by atoms with van der Waals surface area (Å²) in [6.45, 7) is 7.05. The van der Waals surface area contributed by atoms with Gasteiger partial charge in [-0.1, -0.05) is 99.6 Å². The number of ether oxygens (including phenoxy) is 2. The first kappa shape index (κ1) is 41.8. The number of fused-ring (bicyclic) bond motifs is 1. The molecule has 5 atom stereocenters. The third-order valence-electron chi connectivity index (χ3n) is 12.1. The molecule has 4 amide bonds. The average Bonchev–Trinajstić information content (AvgIpc) is 4.14. The van der Waals surface area contributed by atoms with Crippen molar-refractivity contribution < 1.29 is 28.7 Å². The van der Waals surface area contributed by atoms with Gasteiger partial charge in [-0.2, -0.15) is 0 Å². The number of carbonyl (C=O) groups is 4. The summed E-state index contributed by atoms with van der Waals surface area (Å²) >= 11 is 0. The Bertz CT molecular complexity index is 2570. The van der Waals surface area contributed by atoms with E-state index in [1.54, 1.807) is 0 Å². The van der Waals surface area contributed by atoms with Gasteiger partial charge in [-0.25, -0.2) is 19.6 Å². The third kappa shape index (κ3) is 8.63. The Hall–Kier alpha value is -6.96. The SMILES string of the molecule is COC(=O)NC(C(=O)N1CCC[C@H]1c1ncc(-c2ccc3cc(-c4ccc(-c5cnc([C@@H]6CC(C)CN6C(=O)[C@H](NC(=O)OC)c6ccccc6)[nH]5)cc4)ccc3c2)[nH]1)C(C)C. The van der Waals surface area contributed by atoms with Gasteiger partial charge < -0.3 is 39.9 Å². The van der Waals surface area contributed by atoms with Crippen LogP contribution >= 0.6 is 0 Å². The Morgan fingerprint density at radius 2 is 1.27 bits per heavy atom. The predicted octanol–water partition coefficient (Wildman–Crippen LogP) is 8.34. The number of aromatic nitrogens is 4. The summed E-state index contributed by atoms with van der Waals surface area (Å²) in [5, 5.41) is 7.62. The van der Waals surface area contributed by atoms with E-state index in [0.717, 1.165) is 69.5 Å². The fourth-order valence-electron chi connectivity index (χ4n) is 8.76. The number of hydrogen-bond donors (Lipinski definition) is 4. The first-order chi connectivity index (χ1) is 30.0. The second-order valence-electron chi connectivity index (χ2n) is 16.6. The first-order valence-corrected chi connectivity index (χ1v) is 21.1. The summed E-state index contributed by atoms with van der Waals surface area (Å²) < 4.78 is 9.63. The van der Waals surface area contributed by atoms with Crippen molar-refractivity contribution in [1.82, 2.24) is 40.4 Å². The number of likely N-dealkylation sites (tertiary alicyclic amines) is 2. The Labute approximate surface area is 360 Å². The fourth-order valence-corrected chi connectivity index (χ4v) is 8.76. The molecule has 4 heterocycles. The molecular formula is C48H52N8O6. The van der Waals surface area contributed by atoms with Crippen LogP contribution in [0.3, 0.4) is 0 Å². The van der Waals surface area contributed by atoms with Crippen molar-refractivity contribution in [2.75, 3.05) is 27.3 Å². The van der Waals surface area contributed by atoms with Gasteiger partial charge >= 0.3 is 12.2 Å². The molecule has 2 aliphatic heterocycles. The monoisotopic (exact) mass is 836 g/mol. The smallest absolute Gasteiger partial charge is 0.407 e. The van der Waals surface area contributed by atoms with Crippen LogP contribution in [0, 0.1) is 11.8 Å². The van der Waals surface area contributed by atoms with Gasteiger partial charge in [0.05, 0.1) is 50.1 Å². The zero-order valence-electron chi connectivity index (χ0n) is 35.6. The molecule has 6 aromatic rings. The van der Waals surface area contributed by atoms with E-state index in [0.29, 0.717) is 24.5 Å². The third-order valence-corrected chi connectivity index (χ3v) is 12.1. The van der Waals surface area contributed by atoms with Gasteiger partial charge in [0, 0.05) is 18.7 Å². The fraction of sp³-hybridized carbons (Fsp3) is 0.333. The van der Waals surface area contributed by atoms with Gasteiger partial charge in [-0.15, -0.1) is 0 Å². The number of rotatable bonds is 11. The van der Waals surface area contributed by atoms with Crippen LogP contribution in [0.5, 0.6) is 0 Å². The maximum atomic E-state index is 14.1. The minimum atomic E-state index is -0.892. The minimum Gasteiger partial charge on any atom is -0.453 e. The lowest BCUT2D eigenvalue weighted by atomic mass is 9.98. The number of H-pyrrole nitrogens is 2. The van der Waals surface area contributed by atoms with Gasteiger partial charge in [0.15, 0.2) is 0 Å². The van der Waals surface area contributed by atoms with Gasteiger partial charge in [-0.05, 0) is 76.3 Å². The molecule has 4 N–H and O–H groups in total. The van der Waals surface area contributed by atoms with Crippen LogP contribution in [0.1, 0.15) is 75.4 Å². The molecule has 62 heavy (non-hydrogen) atoms. The summed E-state index contributed by atoms with van der Waals surface area (Å²) in [6, 6.07) is 28.2. The molecule has 320 valence electrons. The highest BCUT2D eigenvalue weighted by Gasteiger charge is 2.40. The van der Waals surface area contributed by atoms with E-state index < -0.39 is 24.3 Å². The van der Waals surface area contributed by atoms with Crippen molar-refractivity contribution in [1.29, 1.82) is 0 Å². The molecule has 14 heteroatoms. The second-order valence-corrected chi connectivity index (χ2v) is 16.6. The van der Waals surface area contributed by atoms with Crippen molar-refractivity contribution in [2.24, 2.45) is 11.8 Å². The number of hydrogen-bond acceptors (Lipinski definition) is 8. The number of amides is 4. The summed E-state index contributed by atoms with van der Waals surface area (Å²) in [7, 11) is 2.58. The Balaban J connectivity index is 0.950. The molecule has 0 aliphatic carbocycles. The molecule has 2 aliphatic rings. The van der Waals surface area contributed by atoms with Crippen molar-refractivity contribution in [3.05, 3.63) is 121 Å². The molecule has 0 spiro atoms. The summed E-state index contributed by atoms with van der Waals surface area (Å²) in [4.78, 5) is 72.0. The van der Waals surface area contributed by atoms with E-state index in [1.165, 1.54) is 14.2 Å². The zero-order valence-corrected chi connectivity index (χ0v) is 35.6. The van der Waals surface area contributed by atoms with Crippen LogP contribution in [0.15, 0.2) is 103 Å². The lowest BCUT2D eigenvalue weighted by Gasteiger charge is -2.30. The van der Waals surface area contributed by atoms with Crippen molar-refractivity contribution in [3.8, 4) is 33.6 Å². The molecule has 0 saturated carbocycles. The predicted molar refractivity (Wildman–Crippen MR) is 235 cm³/mol. The van der Waals surface area contributed by atoms with Crippen molar-refractivity contribution in [2.45, 2.75) is 64.2 Å². The minimum absolute atomic E-state index is 0.109. The molecule has 2 fully saturated rings. The highest BCUT2D eigenvalue weighted by molar-refractivity contribution is 5.91. The van der Waals surface area contributed by atoms with E-state index in [4.69, 9.17) is 19.4 Å². The molecule has 0 radical (unpaired) electrons. The van der Waals surface area contributed by atoms with Crippen molar-refractivity contribution in [3.63, 3.8) is 0 Å². The maximum absolute atomic E-state index is 14.1. The first-order valence-electron chi connectivity index (χ1n) is 21.1. The van der Waals surface area contributed by atoms with Crippen LogP contribution in [0.25, 0.3) is 44.4 Å². The molecule has 4 aromatic carbocycles. The molecule has 8 rings (SSSR count). The number of imidazole rings is 2. The number of nitrogens with one attached hydrogen (secondary N) is 4. The van der Waals surface area contributed by atoms with Crippen molar-refractivity contribution >= 4 is 34.8 Å². The second kappa shape index (κ2) is 17.9. The molecule has 0 bridgehead atoms. The number of alkyl carbamates (subject to hydrolysis) is 2. The van der Waals surface area contributed by atoms with E-state index in [1.807, 2.05) is 66.4 Å². The normalized spacial score (nSPS) is 18.5. The van der Waals surface area contributed by atoms with Crippen LogP contribution in [-0.4, -0.2) is 87.1 Å². The van der Waals surface area contributed by atoms with Crippen LogP contribution in [0.2, 0.25) is 0 Å². The summed E-state index contributed by atoms with van der Waals surface area (Å²) in [5.74, 6) is 1.21. The Morgan fingerprint density at radius 1 is 0.694 bits per heavy atom. The largest absolute Gasteiger partial charge is 0.453 e. The lowest BCUT2D eigenvalue weighted by molar-refractivity contribution is -0.136. The quantitative estimate of drug-likeness (QED) is 0.101. The molecule has 2 unspecified atom stereocenters. The van der Waals surface area contributed by atoms with Gasteiger partial charge in [-0.3, -0.25) is 9.59 Å². The zero-order chi connectivity index (χ0) is 43.5. The summed E-state index contributed by atoms with van der Waals surface area (Å²) in [5.41, 5.74) is 6.51. The van der Waals surface area contributed by atoms with Crippen LogP contribution in [0.4, 0.5) is 9.59 Å². The Morgan fingerprint density at radius 3 is 1.94 bits per heavy atom. The molecule has 14 nitrogen and oxygen atoms in total. The van der Waals surface area contributed by atoms with E-state index in [-0.39, 0.29) is 35.7 Å². The highest BCUT2D eigenvalue weighted by Crippen LogP contribution is 2.38. The lowest BCUT2D eigenvalue weighted by Crippen LogP contribution is -2.51. The number of carbonyl (C=O) groups excluding carboxylic acids is 4. The summed E-state index contributed by atoms with van der Waals surface area (Å²) in [6.07, 6.45) is 4.70. The topological polar surface area (TPSA) is 175 Å². The van der Waals surface area contributed by atoms with Crippen LogP contribution in [-0.2, 0) is 19.1 Å². The van der Waals surface area contributed by atoms with Crippen LogP contribution < -0.4 is 10.6 Å². The van der Waals surface area contributed by atoms with Gasteiger partial charge in [0.25, 0.3) is 5.91 Å². The maximum Gasteiger partial charge on any atom is 0.407 e. The van der Waals surface area contributed by atoms with Gasteiger partial charge in [0.2, 0.25) is 5.91 Å².